The summed E-state index contributed by atoms with van der Waals surface area (Å²) < 4.78 is 0. The molecule has 0 unspecified atom stereocenters. The van der Waals surface area contributed by atoms with E-state index in [1.165, 1.54) is 0 Å². The van der Waals surface area contributed by atoms with Crippen LogP contribution in [0.25, 0.3) is 0 Å². The van der Waals surface area contributed by atoms with Crippen LogP contribution in [-0.4, -0.2) is 12.0 Å². The van der Waals surface area contributed by atoms with Crippen LogP contribution in [0.2, 0.25) is 0 Å². The topological polar surface area (TPSA) is 68.2 Å². The predicted molar refractivity (Wildman–Crippen MR) is 72.3 cm³/mol. The quantitative estimate of drug-likeness (QED) is 0.774. The first kappa shape index (κ1) is 11.3. The summed E-state index contributed by atoms with van der Waals surface area (Å²) in [6.07, 6.45) is 1.79. The molecule has 4 N–H and O–H groups in total. The molecule has 2 rings (SSSR count). The Hall–Kier alpha value is -2.23. The zero-order chi connectivity index (χ0) is 12.4. The predicted octanol–water partition coefficient (Wildman–Crippen LogP) is 2.32. The van der Waals surface area contributed by atoms with E-state index in [0.29, 0.717) is 11.4 Å². The molecule has 0 aliphatic rings. The zero-order valence-electron chi connectivity index (χ0n) is 10.0. The van der Waals surface area contributed by atoms with Crippen molar-refractivity contribution >= 4 is 22.7 Å². The normalized spacial score (nSPS) is 10.2. The molecule has 4 nitrogen and oxygen atoms in total. The monoisotopic (exact) mass is 228 g/mol. The Balaban J connectivity index is 2.36. The first-order valence-electron chi connectivity index (χ1n) is 5.39. The Morgan fingerprint density at radius 3 is 2.35 bits per heavy atom. The van der Waals surface area contributed by atoms with Crippen LogP contribution in [0.4, 0.5) is 22.7 Å². The second-order valence-electron chi connectivity index (χ2n) is 4.03. The Kier molecular flexibility index (Phi) is 2.87. The zero-order valence-corrected chi connectivity index (χ0v) is 10.0. The lowest BCUT2D eigenvalue weighted by Gasteiger charge is -2.20. The molecule has 0 radical (unpaired) electrons. The molecule has 0 spiro atoms. The van der Waals surface area contributed by atoms with Gasteiger partial charge in [0.2, 0.25) is 0 Å². The summed E-state index contributed by atoms with van der Waals surface area (Å²) in [6, 6.07) is 9.61. The maximum atomic E-state index is 5.80. The first-order chi connectivity index (χ1) is 8.08. The molecule has 1 aromatic carbocycles. The van der Waals surface area contributed by atoms with Gasteiger partial charge in [-0.2, -0.15) is 0 Å². The van der Waals surface area contributed by atoms with Crippen LogP contribution in [0.15, 0.2) is 36.5 Å². The van der Waals surface area contributed by atoms with E-state index in [1.54, 1.807) is 6.20 Å². The van der Waals surface area contributed by atoms with Gasteiger partial charge in [-0.3, -0.25) is 4.98 Å². The van der Waals surface area contributed by atoms with Crippen LogP contribution in [-0.2, 0) is 0 Å². The minimum absolute atomic E-state index is 0.597. The number of anilines is 4. The third-order valence-corrected chi connectivity index (χ3v) is 2.73. The van der Waals surface area contributed by atoms with E-state index >= 15 is 0 Å². The Labute approximate surface area is 101 Å². The number of hydrogen-bond acceptors (Lipinski definition) is 4. The molecule has 0 saturated heterocycles. The van der Waals surface area contributed by atoms with Gasteiger partial charge in [0.15, 0.2) is 0 Å². The number of hydrogen-bond donors (Lipinski definition) is 2. The first-order valence-corrected chi connectivity index (χ1v) is 5.39. The lowest BCUT2D eigenvalue weighted by atomic mass is 10.2. The van der Waals surface area contributed by atoms with Crippen molar-refractivity contribution in [3.8, 4) is 0 Å². The number of nitrogens with zero attached hydrogens (tertiary/aromatic N) is 2. The summed E-state index contributed by atoms with van der Waals surface area (Å²) >= 11 is 0. The summed E-state index contributed by atoms with van der Waals surface area (Å²) in [7, 11) is 1.99. The van der Waals surface area contributed by atoms with Gasteiger partial charge in [0.1, 0.15) is 0 Å². The lowest BCUT2D eigenvalue weighted by molar-refractivity contribution is 1.15. The van der Waals surface area contributed by atoms with Crippen molar-refractivity contribution < 1.29 is 0 Å². The number of nitrogen functional groups attached to an aromatic ring is 2. The summed E-state index contributed by atoms with van der Waals surface area (Å²) in [4.78, 5) is 6.22. The molecule has 0 fully saturated rings. The van der Waals surface area contributed by atoms with Crippen molar-refractivity contribution in [1.29, 1.82) is 0 Å². The summed E-state index contributed by atoms with van der Waals surface area (Å²) in [5.41, 5.74) is 15.8. The fraction of sp³-hybridized carbons (Fsp3) is 0.154. The molecule has 1 aromatic heterocycles. The number of benzene rings is 1. The van der Waals surface area contributed by atoms with Crippen molar-refractivity contribution in [2.75, 3.05) is 23.4 Å². The minimum Gasteiger partial charge on any atom is -0.397 e. The van der Waals surface area contributed by atoms with E-state index in [2.05, 4.69) is 4.98 Å². The van der Waals surface area contributed by atoms with E-state index in [-0.39, 0.29) is 0 Å². The van der Waals surface area contributed by atoms with Gasteiger partial charge < -0.3 is 16.4 Å². The lowest BCUT2D eigenvalue weighted by Crippen LogP contribution is -2.10. The van der Waals surface area contributed by atoms with Crippen LogP contribution in [0.3, 0.4) is 0 Å². The molecule has 4 heteroatoms. The van der Waals surface area contributed by atoms with Crippen molar-refractivity contribution in [3.63, 3.8) is 0 Å². The Bertz CT molecular complexity index is 537. The number of nitrogens with two attached hydrogens (primary N) is 2. The van der Waals surface area contributed by atoms with Gasteiger partial charge in [-0.05, 0) is 37.3 Å². The van der Waals surface area contributed by atoms with Gasteiger partial charge in [-0.25, -0.2) is 0 Å². The molecule has 0 aliphatic carbocycles. The van der Waals surface area contributed by atoms with Gasteiger partial charge in [-0.15, -0.1) is 0 Å². The number of aromatic nitrogens is 1. The average Bonchev–Trinajstić information content (AvgIpc) is 2.32. The third kappa shape index (κ3) is 2.30. The van der Waals surface area contributed by atoms with E-state index in [0.717, 1.165) is 17.1 Å². The highest BCUT2D eigenvalue weighted by Gasteiger charge is 2.05. The van der Waals surface area contributed by atoms with E-state index in [1.807, 2.05) is 49.2 Å². The summed E-state index contributed by atoms with van der Waals surface area (Å²) in [5, 5.41) is 0. The third-order valence-electron chi connectivity index (χ3n) is 2.73. The van der Waals surface area contributed by atoms with Gasteiger partial charge in [-0.1, -0.05) is 0 Å². The summed E-state index contributed by atoms with van der Waals surface area (Å²) in [6.45, 7) is 1.97. The van der Waals surface area contributed by atoms with Crippen molar-refractivity contribution in [3.05, 3.63) is 42.2 Å². The van der Waals surface area contributed by atoms with E-state index in [4.69, 9.17) is 11.5 Å². The van der Waals surface area contributed by atoms with Crippen LogP contribution >= 0.6 is 0 Å². The minimum atomic E-state index is 0.597. The van der Waals surface area contributed by atoms with Crippen molar-refractivity contribution in [2.24, 2.45) is 0 Å². The second kappa shape index (κ2) is 4.33. The van der Waals surface area contributed by atoms with Gasteiger partial charge in [0, 0.05) is 30.3 Å². The van der Waals surface area contributed by atoms with Crippen LogP contribution < -0.4 is 16.4 Å². The van der Waals surface area contributed by atoms with Crippen molar-refractivity contribution in [2.45, 2.75) is 6.92 Å². The summed E-state index contributed by atoms with van der Waals surface area (Å²) in [5.74, 6) is 0. The molecule has 0 saturated carbocycles. The molecule has 88 valence electrons. The standard InChI is InChI=1S/C13H16N4/c1-9-7-11(5-6-16-9)17(2)10-3-4-12(14)13(15)8-10/h3-8H,14-15H2,1-2H3. The molecular formula is C13H16N4. The number of aryl methyl sites for hydroxylation is 1. The second-order valence-corrected chi connectivity index (χ2v) is 4.03. The Morgan fingerprint density at radius 1 is 1.00 bits per heavy atom. The molecule has 0 amide bonds. The number of rotatable bonds is 2. The van der Waals surface area contributed by atoms with E-state index in [9.17, 15) is 0 Å². The molecular weight excluding hydrogens is 212 g/mol. The van der Waals surface area contributed by atoms with E-state index < -0.39 is 0 Å². The SMILES string of the molecule is Cc1cc(N(C)c2ccc(N)c(N)c2)ccn1. The maximum absolute atomic E-state index is 5.80. The van der Waals surface area contributed by atoms with Crippen LogP contribution in [0.1, 0.15) is 5.69 Å². The maximum Gasteiger partial charge on any atom is 0.0568 e. The smallest absolute Gasteiger partial charge is 0.0568 e. The van der Waals surface area contributed by atoms with Crippen LogP contribution in [0, 0.1) is 6.92 Å². The van der Waals surface area contributed by atoms with Crippen LogP contribution in [0.5, 0.6) is 0 Å². The van der Waals surface area contributed by atoms with Gasteiger partial charge in [0.05, 0.1) is 11.4 Å². The fourth-order valence-electron chi connectivity index (χ4n) is 1.66. The molecule has 17 heavy (non-hydrogen) atoms. The molecule has 2 aromatic rings. The Morgan fingerprint density at radius 2 is 1.71 bits per heavy atom. The molecule has 0 aliphatic heterocycles. The average molecular weight is 228 g/mol. The highest BCUT2D eigenvalue weighted by atomic mass is 15.1. The number of pyridine rings is 1. The van der Waals surface area contributed by atoms with Gasteiger partial charge >= 0.3 is 0 Å². The highest BCUT2D eigenvalue weighted by molar-refractivity contribution is 5.73. The van der Waals surface area contributed by atoms with Gasteiger partial charge in [0.25, 0.3) is 0 Å². The largest absolute Gasteiger partial charge is 0.397 e. The molecule has 1 heterocycles. The fourth-order valence-corrected chi connectivity index (χ4v) is 1.66. The molecule has 0 atom stereocenters. The highest BCUT2D eigenvalue weighted by Crippen LogP contribution is 2.27. The van der Waals surface area contributed by atoms with Crippen molar-refractivity contribution in [1.82, 2.24) is 4.98 Å². The molecule has 0 bridgehead atoms.